The molecule has 0 spiro atoms. The average molecular weight is 289 g/mol. The van der Waals surface area contributed by atoms with Crippen molar-refractivity contribution < 1.29 is 22.8 Å². The third-order valence-electron chi connectivity index (χ3n) is 2.85. The molecule has 20 heavy (non-hydrogen) atoms. The molecule has 0 bridgehead atoms. The van der Waals surface area contributed by atoms with Gasteiger partial charge in [0.05, 0.1) is 11.6 Å². The minimum absolute atomic E-state index is 0.178. The predicted molar refractivity (Wildman–Crippen MR) is 62.8 cm³/mol. The summed E-state index contributed by atoms with van der Waals surface area (Å²) in [6.07, 6.45) is -5.28. The standard InChI is InChI=1S/C12H14F3N3O2/c1-6(2)4-9(19)18-11(12(13,14)15)8(5-16)7(3)17-10(11)20/h6H,4H2,1-3H3,(H,17,20)(H,18,19). The van der Waals surface area contributed by atoms with Crippen LogP contribution < -0.4 is 10.6 Å². The van der Waals surface area contributed by atoms with Gasteiger partial charge in [-0.2, -0.15) is 18.4 Å². The summed E-state index contributed by atoms with van der Waals surface area (Å²) in [5.74, 6) is -2.58. The molecule has 8 heteroatoms. The monoisotopic (exact) mass is 289 g/mol. The molecule has 0 saturated carbocycles. The third-order valence-corrected chi connectivity index (χ3v) is 2.85. The summed E-state index contributed by atoms with van der Waals surface area (Å²) in [6, 6.07) is 1.36. The lowest BCUT2D eigenvalue weighted by Crippen LogP contribution is -2.65. The van der Waals surface area contributed by atoms with Gasteiger partial charge in [-0.1, -0.05) is 13.8 Å². The Kier molecular flexibility index (Phi) is 4.12. The number of halogens is 3. The van der Waals surface area contributed by atoms with Gasteiger partial charge in [-0.15, -0.1) is 0 Å². The summed E-state index contributed by atoms with van der Waals surface area (Å²) >= 11 is 0. The molecule has 0 aliphatic carbocycles. The van der Waals surface area contributed by atoms with Crippen LogP contribution in [0, 0.1) is 17.2 Å². The Balaban J connectivity index is 3.30. The first-order valence-corrected chi connectivity index (χ1v) is 5.87. The van der Waals surface area contributed by atoms with E-state index in [0.717, 1.165) is 0 Å². The Hall–Kier alpha value is -2.04. The highest BCUT2D eigenvalue weighted by Gasteiger charge is 2.67. The molecule has 1 rings (SSSR count). The molecule has 0 radical (unpaired) electrons. The lowest BCUT2D eigenvalue weighted by molar-refractivity contribution is -0.189. The smallest absolute Gasteiger partial charge is 0.330 e. The molecule has 5 nitrogen and oxygen atoms in total. The van der Waals surface area contributed by atoms with Gasteiger partial charge in [0.2, 0.25) is 5.91 Å². The van der Waals surface area contributed by atoms with Crippen molar-refractivity contribution in [2.45, 2.75) is 38.9 Å². The largest absolute Gasteiger partial charge is 0.425 e. The van der Waals surface area contributed by atoms with Crippen LogP contribution in [-0.2, 0) is 9.59 Å². The molecular weight excluding hydrogens is 275 g/mol. The molecule has 0 aromatic carbocycles. The lowest BCUT2D eigenvalue weighted by atomic mass is 9.89. The second-order valence-corrected chi connectivity index (χ2v) is 4.96. The number of hydrogen-bond acceptors (Lipinski definition) is 3. The molecule has 0 aromatic rings. The predicted octanol–water partition coefficient (Wildman–Crippen LogP) is 1.38. The van der Waals surface area contributed by atoms with Crippen LogP contribution in [0.3, 0.4) is 0 Å². The first-order valence-electron chi connectivity index (χ1n) is 5.87. The topological polar surface area (TPSA) is 82.0 Å². The summed E-state index contributed by atoms with van der Waals surface area (Å²) in [5.41, 5.74) is -4.33. The van der Waals surface area contributed by atoms with Crippen molar-refractivity contribution in [3.8, 4) is 6.07 Å². The van der Waals surface area contributed by atoms with Crippen LogP contribution in [0.4, 0.5) is 13.2 Å². The molecule has 0 aromatic heterocycles. The molecule has 0 fully saturated rings. The van der Waals surface area contributed by atoms with Gasteiger partial charge in [0.15, 0.2) is 0 Å². The number of carbonyl (C=O) groups excluding carboxylic acids is 2. The highest BCUT2D eigenvalue weighted by molar-refractivity contribution is 6.00. The second-order valence-electron chi connectivity index (χ2n) is 4.96. The first-order chi connectivity index (χ1) is 9.06. The number of carbonyl (C=O) groups is 2. The van der Waals surface area contributed by atoms with Crippen LogP contribution in [0.5, 0.6) is 0 Å². The Bertz CT molecular complexity index is 517. The zero-order valence-electron chi connectivity index (χ0n) is 11.2. The van der Waals surface area contributed by atoms with Crippen LogP contribution in [0.2, 0.25) is 0 Å². The van der Waals surface area contributed by atoms with Gasteiger partial charge in [-0.05, 0) is 12.8 Å². The molecule has 1 heterocycles. The van der Waals surface area contributed by atoms with E-state index in [-0.39, 0.29) is 18.0 Å². The number of nitriles is 1. The Morgan fingerprint density at radius 1 is 1.50 bits per heavy atom. The fourth-order valence-corrected chi connectivity index (χ4v) is 1.98. The zero-order chi connectivity index (χ0) is 15.7. The van der Waals surface area contributed by atoms with E-state index >= 15 is 0 Å². The second kappa shape index (κ2) is 5.15. The van der Waals surface area contributed by atoms with Gasteiger partial charge >= 0.3 is 6.18 Å². The number of hydrogen-bond donors (Lipinski definition) is 2. The van der Waals surface area contributed by atoms with E-state index in [1.807, 2.05) is 5.32 Å². The van der Waals surface area contributed by atoms with E-state index in [1.165, 1.54) is 13.0 Å². The Morgan fingerprint density at radius 3 is 2.45 bits per heavy atom. The maximum Gasteiger partial charge on any atom is 0.425 e. The normalized spacial score (nSPS) is 22.8. The molecule has 2 N–H and O–H groups in total. The number of amides is 2. The average Bonchev–Trinajstić information content (AvgIpc) is 2.48. The van der Waals surface area contributed by atoms with Crippen LogP contribution in [0.1, 0.15) is 27.2 Å². The minimum Gasteiger partial charge on any atom is -0.330 e. The fraction of sp³-hybridized carbons (Fsp3) is 0.583. The molecule has 0 saturated heterocycles. The van der Waals surface area contributed by atoms with Crippen LogP contribution in [0.25, 0.3) is 0 Å². The van der Waals surface area contributed by atoms with Crippen LogP contribution >= 0.6 is 0 Å². The van der Waals surface area contributed by atoms with E-state index in [2.05, 4.69) is 0 Å². The molecule has 1 atom stereocenters. The van der Waals surface area contributed by atoms with Crippen LogP contribution in [0.15, 0.2) is 11.3 Å². The first kappa shape index (κ1) is 16.0. The summed E-state index contributed by atoms with van der Waals surface area (Å²) in [6.45, 7) is 4.49. The molecule has 1 unspecified atom stereocenters. The van der Waals surface area contributed by atoms with E-state index in [9.17, 15) is 22.8 Å². The van der Waals surface area contributed by atoms with Crippen LogP contribution in [-0.4, -0.2) is 23.5 Å². The quantitative estimate of drug-likeness (QED) is 0.823. The molecular formula is C12H14F3N3O2. The summed E-state index contributed by atoms with van der Waals surface area (Å²) in [7, 11) is 0. The van der Waals surface area contributed by atoms with Crippen molar-refractivity contribution in [3.05, 3.63) is 11.3 Å². The van der Waals surface area contributed by atoms with Gasteiger partial charge in [-0.25, -0.2) is 0 Å². The lowest BCUT2D eigenvalue weighted by Gasteiger charge is -2.30. The van der Waals surface area contributed by atoms with Gasteiger partial charge in [0.1, 0.15) is 0 Å². The summed E-state index contributed by atoms with van der Waals surface area (Å²) in [5, 5.41) is 12.5. The summed E-state index contributed by atoms with van der Waals surface area (Å²) in [4.78, 5) is 23.4. The van der Waals surface area contributed by atoms with Crippen molar-refractivity contribution in [1.82, 2.24) is 10.6 Å². The maximum absolute atomic E-state index is 13.3. The van der Waals surface area contributed by atoms with Gasteiger partial charge in [0, 0.05) is 12.1 Å². The zero-order valence-corrected chi connectivity index (χ0v) is 11.2. The number of alkyl halides is 3. The van der Waals surface area contributed by atoms with E-state index in [1.54, 1.807) is 19.2 Å². The third kappa shape index (κ3) is 2.48. The van der Waals surface area contributed by atoms with Gasteiger partial charge in [0.25, 0.3) is 11.4 Å². The van der Waals surface area contributed by atoms with Gasteiger partial charge in [-0.3, -0.25) is 9.59 Å². The fourth-order valence-electron chi connectivity index (χ4n) is 1.98. The molecule has 1 aliphatic rings. The van der Waals surface area contributed by atoms with E-state index in [0.29, 0.717) is 0 Å². The highest BCUT2D eigenvalue weighted by Crippen LogP contribution is 2.40. The molecule has 2 amide bonds. The van der Waals surface area contributed by atoms with Gasteiger partial charge < -0.3 is 10.6 Å². The van der Waals surface area contributed by atoms with Crippen molar-refractivity contribution in [3.63, 3.8) is 0 Å². The van der Waals surface area contributed by atoms with Crippen molar-refractivity contribution in [2.24, 2.45) is 5.92 Å². The number of nitrogens with zero attached hydrogens (tertiary/aromatic N) is 1. The van der Waals surface area contributed by atoms with Crippen molar-refractivity contribution in [1.29, 1.82) is 5.26 Å². The highest BCUT2D eigenvalue weighted by atomic mass is 19.4. The molecule has 1 aliphatic heterocycles. The Morgan fingerprint density at radius 2 is 2.05 bits per heavy atom. The Labute approximate surface area is 113 Å². The SMILES string of the molecule is CC1=C(C#N)C(NC(=O)CC(C)C)(C(F)(F)F)C(=O)N1. The van der Waals surface area contributed by atoms with E-state index < -0.39 is 29.1 Å². The number of nitrogens with one attached hydrogen (secondary N) is 2. The minimum atomic E-state index is -5.10. The van der Waals surface area contributed by atoms with Crippen molar-refractivity contribution >= 4 is 11.8 Å². The molecule has 110 valence electrons. The van der Waals surface area contributed by atoms with Crippen molar-refractivity contribution in [2.75, 3.05) is 0 Å². The number of rotatable bonds is 3. The maximum atomic E-state index is 13.3. The van der Waals surface area contributed by atoms with E-state index in [4.69, 9.17) is 5.26 Å². The number of allylic oxidation sites excluding steroid dienone is 1. The summed E-state index contributed by atoms with van der Waals surface area (Å²) < 4.78 is 39.9.